The third-order valence-corrected chi connectivity index (χ3v) is 3.00. The summed E-state index contributed by atoms with van der Waals surface area (Å²) < 4.78 is 0. The summed E-state index contributed by atoms with van der Waals surface area (Å²) in [7, 11) is 2.07. The largest absolute Gasteiger partial charge is 0.317 e. The average Bonchev–Trinajstić information content (AvgIpc) is 2.17. The van der Waals surface area contributed by atoms with Crippen LogP contribution in [-0.2, 0) is 0 Å². The fourth-order valence-electron chi connectivity index (χ4n) is 2.20. The molecule has 0 unspecified atom stereocenters. The zero-order chi connectivity index (χ0) is 8.39. The normalized spacial score (nSPS) is 28.9. The van der Waals surface area contributed by atoms with Gasteiger partial charge in [-0.15, -0.1) is 0 Å². The Bertz CT molecular complexity index is 225. The highest BCUT2D eigenvalue weighted by molar-refractivity contribution is 5.36. The molecule has 1 saturated carbocycles. The molecule has 1 atom stereocenters. The van der Waals surface area contributed by atoms with Crippen LogP contribution in [0, 0.1) is 0 Å². The van der Waals surface area contributed by atoms with E-state index < -0.39 is 0 Å². The molecule has 2 aliphatic rings. The van der Waals surface area contributed by atoms with E-state index in [0.29, 0.717) is 0 Å². The Balaban J connectivity index is 2.09. The smallest absolute Gasteiger partial charge is 0.0108 e. The van der Waals surface area contributed by atoms with E-state index in [1.807, 2.05) is 0 Å². The number of nitrogens with one attached hydrogen (secondary N) is 1. The maximum absolute atomic E-state index is 3.37. The lowest BCUT2D eigenvalue weighted by molar-refractivity contribution is 0.489. The van der Waals surface area contributed by atoms with Gasteiger partial charge in [0.05, 0.1) is 0 Å². The number of allylic oxidation sites excluding steroid dienone is 3. The predicted octanol–water partition coefficient (Wildman–Crippen LogP) is 2.40. The molecule has 1 nitrogen and oxygen atoms in total. The molecule has 0 saturated heterocycles. The van der Waals surface area contributed by atoms with Crippen LogP contribution in [0.5, 0.6) is 0 Å². The Morgan fingerprint density at radius 2 is 2.00 bits per heavy atom. The molecule has 0 bridgehead atoms. The van der Waals surface area contributed by atoms with Crippen LogP contribution < -0.4 is 5.32 Å². The summed E-state index contributed by atoms with van der Waals surface area (Å²) in [5.74, 6) is 0. The van der Waals surface area contributed by atoms with Gasteiger partial charge >= 0.3 is 0 Å². The first-order valence-corrected chi connectivity index (χ1v) is 4.96. The molecule has 0 amide bonds. The van der Waals surface area contributed by atoms with Gasteiger partial charge in [-0.05, 0) is 50.3 Å². The molecule has 0 radical (unpaired) electrons. The minimum atomic E-state index is 0.728. The second kappa shape index (κ2) is 3.44. The van der Waals surface area contributed by atoms with E-state index in [1.54, 1.807) is 11.1 Å². The van der Waals surface area contributed by atoms with E-state index in [4.69, 9.17) is 0 Å². The van der Waals surface area contributed by atoms with Crippen molar-refractivity contribution in [3.8, 4) is 0 Å². The molecule has 12 heavy (non-hydrogen) atoms. The van der Waals surface area contributed by atoms with Gasteiger partial charge in [0.1, 0.15) is 0 Å². The van der Waals surface area contributed by atoms with Crippen molar-refractivity contribution < 1.29 is 0 Å². The van der Waals surface area contributed by atoms with Crippen LogP contribution in [-0.4, -0.2) is 13.1 Å². The molecule has 0 aromatic carbocycles. The Hall–Kier alpha value is -0.560. The number of hydrogen-bond donors (Lipinski definition) is 1. The first kappa shape index (κ1) is 8.06. The fourth-order valence-corrected chi connectivity index (χ4v) is 2.20. The Morgan fingerprint density at radius 3 is 2.75 bits per heavy atom. The minimum Gasteiger partial charge on any atom is -0.317 e. The van der Waals surface area contributed by atoms with Gasteiger partial charge in [0, 0.05) is 6.04 Å². The fraction of sp³-hybridized carbons (Fsp3) is 0.636. The van der Waals surface area contributed by atoms with Gasteiger partial charge in [0.2, 0.25) is 0 Å². The highest BCUT2D eigenvalue weighted by Crippen LogP contribution is 2.32. The van der Waals surface area contributed by atoms with Crippen molar-refractivity contribution in [1.29, 1.82) is 0 Å². The Kier molecular flexibility index (Phi) is 2.31. The molecule has 66 valence electrons. The van der Waals surface area contributed by atoms with Crippen LogP contribution in [0.25, 0.3) is 0 Å². The lowest BCUT2D eigenvalue weighted by atomic mass is 9.83. The summed E-state index contributed by atoms with van der Waals surface area (Å²) in [6.07, 6.45) is 11.2. The van der Waals surface area contributed by atoms with E-state index in [-0.39, 0.29) is 0 Å². The average molecular weight is 163 g/mol. The molecule has 0 aromatic rings. The second-order valence-electron chi connectivity index (χ2n) is 3.76. The van der Waals surface area contributed by atoms with Crippen LogP contribution >= 0.6 is 0 Å². The lowest BCUT2D eigenvalue weighted by Gasteiger charge is -2.28. The third kappa shape index (κ3) is 1.46. The Morgan fingerprint density at radius 1 is 1.25 bits per heavy atom. The zero-order valence-corrected chi connectivity index (χ0v) is 7.77. The SMILES string of the molecule is CN[C@H]1CCC2=CCCC=C2C1. The number of hydrogen-bond acceptors (Lipinski definition) is 1. The van der Waals surface area contributed by atoms with Gasteiger partial charge < -0.3 is 5.32 Å². The molecule has 1 fully saturated rings. The summed E-state index contributed by atoms with van der Waals surface area (Å²) >= 11 is 0. The lowest BCUT2D eigenvalue weighted by Crippen LogP contribution is -2.29. The third-order valence-electron chi connectivity index (χ3n) is 3.00. The summed E-state index contributed by atoms with van der Waals surface area (Å²) in [6.45, 7) is 0. The molecule has 1 N–H and O–H groups in total. The minimum absolute atomic E-state index is 0.728. The van der Waals surface area contributed by atoms with Crippen molar-refractivity contribution in [1.82, 2.24) is 5.32 Å². The van der Waals surface area contributed by atoms with Crippen LogP contribution in [0.2, 0.25) is 0 Å². The van der Waals surface area contributed by atoms with Gasteiger partial charge in [0.15, 0.2) is 0 Å². The quantitative estimate of drug-likeness (QED) is 0.626. The van der Waals surface area contributed by atoms with Crippen molar-refractivity contribution in [3.63, 3.8) is 0 Å². The highest BCUT2D eigenvalue weighted by atomic mass is 14.9. The zero-order valence-electron chi connectivity index (χ0n) is 7.77. The first-order valence-electron chi connectivity index (χ1n) is 4.96. The van der Waals surface area contributed by atoms with Crippen molar-refractivity contribution >= 4 is 0 Å². The molecule has 0 aliphatic heterocycles. The molecular formula is C11H17N. The topological polar surface area (TPSA) is 12.0 Å². The van der Waals surface area contributed by atoms with Crippen molar-refractivity contribution in [2.24, 2.45) is 0 Å². The van der Waals surface area contributed by atoms with E-state index in [0.717, 1.165) is 6.04 Å². The molecular weight excluding hydrogens is 146 g/mol. The van der Waals surface area contributed by atoms with E-state index in [9.17, 15) is 0 Å². The van der Waals surface area contributed by atoms with Crippen molar-refractivity contribution in [2.75, 3.05) is 7.05 Å². The summed E-state index contributed by atoms with van der Waals surface area (Å²) in [4.78, 5) is 0. The van der Waals surface area contributed by atoms with E-state index in [2.05, 4.69) is 24.5 Å². The molecule has 0 aromatic heterocycles. The summed E-state index contributed by atoms with van der Waals surface area (Å²) in [6, 6.07) is 0.728. The number of fused-ring (bicyclic) bond motifs is 1. The van der Waals surface area contributed by atoms with E-state index >= 15 is 0 Å². The van der Waals surface area contributed by atoms with Crippen molar-refractivity contribution in [3.05, 3.63) is 23.3 Å². The summed E-state index contributed by atoms with van der Waals surface area (Å²) in [5.41, 5.74) is 3.25. The molecule has 1 heteroatoms. The second-order valence-corrected chi connectivity index (χ2v) is 3.76. The molecule has 2 aliphatic carbocycles. The van der Waals surface area contributed by atoms with Gasteiger partial charge in [-0.3, -0.25) is 0 Å². The molecule has 0 spiro atoms. The maximum Gasteiger partial charge on any atom is 0.0108 e. The monoisotopic (exact) mass is 163 g/mol. The van der Waals surface area contributed by atoms with E-state index in [1.165, 1.54) is 32.1 Å². The van der Waals surface area contributed by atoms with Crippen LogP contribution in [0.3, 0.4) is 0 Å². The standard InChI is InChI=1S/C11H17N/c1-12-11-7-6-9-4-2-3-5-10(9)8-11/h4-5,11-12H,2-3,6-8H2,1H3/t11-/m0/s1. The van der Waals surface area contributed by atoms with Crippen molar-refractivity contribution in [2.45, 2.75) is 38.1 Å². The van der Waals surface area contributed by atoms with Crippen LogP contribution in [0.4, 0.5) is 0 Å². The van der Waals surface area contributed by atoms with Crippen LogP contribution in [0.15, 0.2) is 23.3 Å². The predicted molar refractivity (Wildman–Crippen MR) is 52.1 cm³/mol. The van der Waals surface area contributed by atoms with Gasteiger partial charge in [0.25, 0.3) is 0 Å². The highest BCUT2D eigenvalue weighted by Gasteiger charge is 2.19. The summed E-state index contributed by atoms with van der Waals surface area (Å²) in [5, 5.41) is 3.37. The first-order chi connectivity index (χ1) is 5.90. The van der Waals surface area contributed by atoms with Crippen LogP contribution in [0.1, 0.15) is 32.1 Å². The van der Waals surface area contributed by atoms with Gasteiger partial charge in [-0.25, -0.2) is 0 Å². The molecule has 0 heterocycles. The van der Waals surface area contributed by atoms with Gasteiger partial charge in [-0.1, -0.05) is 12.2 Å². The van der Waals surface area contributed by atoms with Gasteiger partial charge in [-0.2, -0.15) is 0 Å². The number of rotatable bonds is 1. The maximum atomic E-state index is 3.37. The molecule has 2 rings (SSSR count). The Labute approximate surface area is 74.5 Å².